The molecule has 0 aliphatic heterocycles. The first-order valence-corrected chi connectivity index (χ1v) is 7.19. The minimum atomic E-state index is -0.858. The Bertz CT molecular complexity index is 634. The van der Waals surface area contributed by atoms with E-state index < -0.39 is 5.97 Å². The van der Waals surface area contributed by atoms with Crippen molar-refractivity contribution in [2.45, 2.75) is 33.6 Å². The van der Waals surface area contributed by atoms with Crippen LogP contribution >= 0.6 is 0 Å². The van der Waals surface area contributed by atoms with E-state index in [1.54, 1.807) is 21.8 Å². The largest absolute Gasteiger partial charge is 0.480 e. The Labute approximate surface area is 124 Å². The monoisotopic (exact) mass is 290 g/mol. The summed E-state index contributed by atoms with van der Waals surface area (Å²) in [6.07, 6.45) is 3.45. The molecule has 0 aliphatic rings. The van der Waals surface area contributed by atoms with E-state index >= 15 is 0 Å². The molecule has 0 saturated heterocycles. The van der Waals surface area contributed by atoms with Gasteiger partial charge in [0.15, 0.2) is 5.82 Å². The predicted molar refractivity (Wildman–Crippen MR) is 81.8 cm³/mol. The molecule has 0 amide bonds. The van der Waals surface area contributed by atoms with Crippen molar-refractivity contribution in [3.05, 3.63) is 24.2 Å². The van der Waals surface area contributed by atoms with Crippen LogP contribution < -0.4 is 4.90 Å². The van der Waals surface area contributed by atoms with Crippen molar-refractivity contribution in [1.29, 1.82) is 0 Å². The summed E-state index contributed by atoms with van der Waals surface area (Å²) in [6, 6.07) is 1.99. The number of nitrogens with zero attached hydrogens (tertiary/aromatic N) is 4. The molecule has 1 N–H and O–H groups in total. The van der Waals surface area contributed by atoms with Crippen molar-refractivity contribution in [3.8, 4) is 0 Å². The van der Waals surface area contributed by atoms with Gasteiger partial charge in [-0.25, -0.2) is 9.50 Å². The molecular formula is C15H22N4O2. The number of fused-ring (bicyclic) bond motifs is 1. The highest BCUT2D eigenvalue weighted by Crippen LogP contribution is 2.23. The normalized spacial score (nSPS) is 11.5. The molecular weight excluding hydrogens is 268 g/mol. The van der Waals surface area contributed by atoms with Crippen LogP contribution in [-0.4, -0.2) is 38.8 Å². The van der Waals surface area contributed by atoms with Crippen molar-refractivity contribution >= 4 is 17.3 Å². The molecule has 21 heavy (non-hydrogen) atoms. The number of rotatable bonds is 6. The molecule has 6 heteroatoms. The Balaban J connectivity index is 2.48. The fourth-order valence-electron chi connectivity index (χ4n) is 2.28. The summed E-state index contributed by atoms with van der Waals surface area (Å²) >= 11 is 0. The predicted octanol–water partition coefficient (Wildman–Crippen LogP) is 2.40. The number of carboxylic acid groups (broad SMARTS) is 1. The minimum absolute atomic E-state index is 0.0625. The Kier molecular flexibility index (Phi) is 4.45. The summed E-state index contributed by atoms with van der Waals surface area (Å²) < 4.78 is 1.77. The summed E-state index contributed by atoms with van der Waals surface area (Å²) in [5, 5.41) is 13.6. The molecule has 0 unspecified atom stereocenters. The van der Waals surface area contributed by atoms with Crippen molar-refractivity contribution in [1.82, 2.24) is 14.6 Å². The third-order valence-electron chi connectivity index (χ3n) is 3.19. The first-order chi connectivity index (χ1) is 9.88. The van der Waals surface area contributed by atoms with Gasteiger partial charge >= 0.3 is 5.97 Å². The highest BCUT2D eigenvalue weighted by molar-refractivity contribution is 5.77. The summed E-state index contributed by atoms with van der Waals surface area (Å²) in [7, 11) is 0. The molecule has 2 aromatic heterocycles. The maximum Gasteiger partial charge on any atom is 0.323 e. The number of anilines is 1. The van der Waals surface area contributed by atoms with Crippen LogP contribution in [0.2, 0.25) is 0 Å². The highest BCUT2D eigenvalue weighted by Gasteiger charge is 2.18. The van der Waals surface area contributed by atoms with Crippen LogP contribution in [0, 0.1) is 5.92 Å². The SMILES string of the molecule is CC(C)CN(CC(=O)O)c1nccn2nc(C(C)C)cc12. The lowest BCUT2D eigenvalue weighted by Gasteiger charge is -2.24. The lowest BCUT2D eigenvalue weighted by Crippen LogP contribution is -2.33. The average Bonchev–Trinajstić information content (AvgIpc) is 2.80. The van der Waals surface area contributed by atoms with Gasteiger partial charge in [0.2, 0.25) is 0 Å². The van der Waals surface area contributed by atoms with Gasteiger partial charge in [-0.1, -0.05) is 27.7 Å². The Morgan fingerprint density at radius 3 is 2.67 bits per heavy atom. The smallest absolute Gasteiger partial charge is 0.323 e. The highest BCUT2D eigenvalue weighted by atomic mass is 16.4. The summed E-state index contributed by atoms with van der Waals surface area (Å²) in [5.41, 5.74) is 1.83. The lowest BCUT2D eigenvalue weighted by atomic mass is 10.1. The number of aliphatic carboxylic acids is 1. The van der Waals surface area contributed by atoms with Crippen LogP contribution in [0.4, 0.5) is 5.82 Å². The van der Waals surface area contributed by atoms with Gasteiger partial charge in [0.05, 0.1) is 5.69 Å². The van der Waals surface area contributed by atoms with Crippen LogP contribution in [0.15, 0.2) is 18.5 Å². The second-order valence-electron chi connectivity index (χ2n) is 5.97. The van der Waals surface area contributed by atoms with Crippen LogP contribution in [0.5, 0.6) is 0 Å². The number of hydrogen-bond acceptors (Lipinski definition) is 4. The summed E-state index contributed by atoms with van der Waals surface area (Å²) in [4.78, 5) is 17.3. The first kappa shape index (κ1) is 15.3. The topological polar surface area (TPSA) is 70.7 Å². The number of carboxylic acids is 1. The number of carbonyl (C=O) groups is 1. The van der Waals surface area contributed by atoms with Gasteiger partial charge in [-0.05, 0) is 17.9 Å². The zero-order chi connectivity index (χ0) is 15.6. The second-order valence-corrected chi connectivity index (χ2v) is 5.97. The Hall–Kier alpha value is -2.11. The van der Waals surface area contributed by atoms with Crippen LogP contribution in [0.3, 0.4) is 0 Å². The van der Waals surface area contributed by atoms with E-state index in [4.69, 9.17) is 5.11 Å². The summed E-state index contributed by atoms with van der Waals surface area (Å²) in [6.45, 7) is 8.86. The first-order valence-electron chi connectivity index (χ1n) is 7.19. The number of hydrogen-bond donors (Lipinski definition) is 1. The van der Waals surface area contributed by atoms with E-state index in [-0.39, 0.29) is 6.54 Å². The lowest BCUT2D eigenvalue weighted by molar-refractivity contribution is -0.135. The van der Waals surface area contributed by atoms with Crippen LogP contribution in [0.25, 0.3) is 5.52 Å². The Morgan fingerprint density at radius 1 is 1.38 bits per heavy atom. The average molecular weight is 290 g/mol. The van der Waals surface area contributed by atoms with E-state index in [2.05, 4.69) is 37.8 Å². The number of aromatic nitrogens is 3. The standard InChI is InChI=1S/C15H22N4O2/c1-10(2)8-18(9-14(20)21)15-13-7-12(11(3)4)17-19(13)6-5-16-15/h5-7,10-11H,8-9H2,1-4H3,(H,20,21). The fraction of sp³-hybridized carbons (Fsp3) is 0.533. The molecule has 2 rings (SSSR count). The van der Waals surface area contributed by atoms with Crippen LogP contribution in [0.1, 0.15) is 39.3 Å². The third-order valence-corrected chi connectivity index (χ3v) is 3.19. The van der Waals surface area contributed by atoms with Gasteiger partial charge in [-0.2, -0.15) is 5.10 Å². The van der Waals surface area contributed by atoms with E-state index in [1.807, 2.05) is 6.07 Å². The molecule has 0 aliphatic carbocycles. The van der Waals surface area contributed by atoms with E-state index in [1.165, 1.54) is 0 Å². The maximum absolute atomic E-state index is 11.1. The molecule has 2 aromatic rings. The molecule has 0 radical (unpaired) electrons. The minimum Gasteiger partial charge on any atom is -0.480 e. The van der Waals surface area contributed by atoms with E-state index in [0.717, 1.165) is 11.2 Å². The molecule has 0 bridgehead atoms. The van der Waals surface area contributed by atoms with Crippen molar-refractivity contribution in [2.24, 2.45) is 5.92 Å². The van der Waals surface area contributed by atoms with Crippen molar-refractivity contribution in [2.75, 3.05) is 18.0 Å². The molecule has 2 heterocycles. The fourth-order valence-corrected chi connectivity index (χ4v) is 2.28. The zero-order valence-electron chi connectivity index (χ0n) is 12.9. The van der Waals surface area contributed by atoms with Gasteiger partial charge in [-0.3, -0.25) is 4.79 Å². The summed E-state index contributed by atoms with van der Waals surface area (Å²) in [5.74, 6) is 0.478. The van der Waals surface area contributed by atoms with Gasteiger partial charge in [0, 0.05) is 18.9 Å². The van der Waals surface area contributed by atoms with E-state index in [0.29, 0.717) is 24.2 Å². The molecule has 0 spiro atoms. The molecule has 114 valence electrons. The zero-order valence-corrected chi connectivity index (χ0v) is 12.9. The van der Waals surface area contributed by atoms with Gasteiger partial charge in [-0.15, -0.1) is 0 Å². The van der Waals surface area contributed by atoms with E-state index in [9.17, 15) is 4.79 Å². The second kappa shape index (κ2) is 6.11. The molecule has 0 fully saturated rings. The van der Waals surface area contributed by atoms with Crippen LogP contribution in [-0.2, 0) is 4.79 Å². The van der Waals surface area contributed by atoms with Crippen molar-refractivity contribution < 1.29 is 9.90 Å². The Morgan fingerprint density at radius 2 is 2.10 bits per heavy atom. The quantitative estimate of drug-likeness (QED) is 0.884. The van der Waals surface area contributed by atoms with Crippen molar-refractivity contribution in [3.63, 3.8) is 0 Å². The van der Waals surface area contributed by atoms with Gasteiger partial charge < -0.3 is 10.0 Å². The third kappa shape index (κ3) is 3.51. The molecule has 0 aromatic carbocycles. The molecule has 0 atom stereocenters. The van der Waals surface area contributed by atoms with Gasteiger partial charge in [0.1, 0.15) is 12.1 Å². The molecule has 0 saturated carbocycles. The maximum atomic E-state index is 11.1. The van der Waals surface area contributed by atoms with Gasteiger partial charge in [0.25, 0.3) is 0 Å². The molecule has 6 nitrogen and oxygen atoms in total.